The first-order valence-corrected chi connectivity index (χ1v) is 7.11. The summed E-state index contributed by atoms with van der Waals surface area (Å²) in [7, 11) is 1.74. The lowest BCUT2D eigenvalue weighted by molar-refractivity contribution is 0.0492. The highest BCUT2D eigenvalue weighted by atomic mass is 16.5. The van der Waals surface area contributed by atoms with E-state index < -0.39 is 0 Å². The average molecular weight is 263 g/mol. The van der Waals surface area contributed by atoms with E-state index in [1.807, 2.05) is 0 Å². The summed E-state index contributed by atoms with van der Waals surface area (Å²) in [5.41, 5.74) is 3.00. The number of benzene rings is 1. The lowest BCUT2D eigenvalue weighted by Crippen LogP contribution is -2.43. The van der Waals surface area contributed by atoms with Crippen molar-refractivity contribution < 1.29 is 9.47 Å². The molecular weight excluding hydrogens is 238 g/mol. The number of ether oxygens (including phenoxy) is 2. The van der Waals surface area contributed by atoms with Gasteiger partial charge in [0.1, 0.15) is 0 Å². The first kappa shape index (κ1) is 14.5. The molecule has 0 saturated carbocycles. The molecule has 3 nitrogen and oxygen atoms in total. The van der Waals surface area contributed by atoms with Crippen LogP contribution in [-0.4, -0.2) is 40.0 Å². The number of aryl methyl sites for hydroxylation is 1. The third-order valence-electron chi connectivity index (χ3n) is 4.03. The van der Waals surface area contributed by atoms with Gasteiger partial charge in [-0.15, -0.1) is 0 Å². The highest BCUT2D eigenvalue weighted by Gasteiger charge is 2.33. The molecule has 19 heavy (non-hydrogen) atoms. The van der Waals surface area contributed by atoms with Gasteiger partial charge in [0.2, 0.25) is 0 Å². The van der Waals surface area contributed by atoms with E-state index in [4.69, 9.17) is 9.47 Å². The second-order valence-electron chi connectivity index (χ2n) is 5.43. The highest BCUT2D eigenvalue weighted by Crippen LogP contribution is 2.34. The largest absolute Gasteiger partial charge is 0.383 e. The van der Waals surface area contributed by atoms with Gasteiger partial charge in [-0.2, -0.15) is 0 Å². The molecule has 0 aliphatic carbocycles. The summed E-state index contributed by atoms with van der Waals surface area (Å²) >= 11 is 0. The van der Waals surface area contributed by atoms with E-state index in [0.29, 0.717) is 0 Å². The summed E-state index contributed by atoms with van der Waals surface area (Å²) in [4.78, 5) is 0. The van der Waals surface area contributed by atoms with Crippen LogP contribution in [0.4, 0.5) is 0 Å². The van der Waals surface area contributed by atoms with Crippen LogP contribution >= 0.6 is 0 Å². The molecule has 3 heteroatoms. The SMILES string of the molecule is COCCNCC1(c2cccc(C)c2)CCOCC1. The summed E-state index contributed by atoms with van der Waals surface area (Å²) in [5.74, 6) is 0. The Bertz CT molecular complexity index is 386. The number of nitrogens with one attached hydrogen (secondary N) is 1. The van der Waals surface area contributed by atoms with E-state index in [2.05, 4.69) is 36.5 Å². The van der Waals surface area contributed by atoms with Crippen LogP contribution in [-0.2, 0) is 14.9 Å². The van der Waals surface area contributed by atoms with Crippen LogP contribution in [0, 0.1) is 6.92 Å². The molecule has 1 aromatic carbocycles. The Morgan fingerprint density at radius 3 is 2.79 bits per heavy atom. The van der Waals surface area contributed by atoms with Crippen LogP contribution < -0.4 is 5.32 Å². The third kappa shape index (κ3) is 3.78. The van der Waals surface area contributed by atoms with Gasteiger partial charge in [-0.25, -0.2) is 0 Å². The van der Waals surface area contributed by atoms with Crippen molar-refractivity contribution in [3.05, 3.63) is 35.4 Å². The summed E-state index contributed by atoms with van der Waals surface area (Å²) in [6.07, 6.45) is 2.19. The Kier molecular flexibility index (Phi) is 5.37. The first-order valence-electron chi connectivity index (χ1n) is 7.11. The monoisotopic (exact) mass is 263 g/mol. The lowest BCUT2D eigenvalue weighted by Gasteiger charge is -2.38. The molecular formula is C16H25NO2. The molecule has 1 N–H and O–H groups in total. The topological polar surface area (TPSA) is 30.5 Å². The normalized spacial score (nSPS) is 18.4. The Labute approximate surface area is 116 Å². The lowest BCUT2D eigenvalue weighted by atomic mass is 9.73. The fraction of sp³-hybridized carbons (Fsp3) is 0.625. The predicted octanol–water partition coefficient (Wildman–Crippen LogP) is 2.28. The molecule has 0 radical (unpaired) electrons. The van der Waals surface area contributed by atoms with Crippen LogP contribution in [0.3, 0.4) is 0 Å². The number of rotatable bonds is 6. The van der Waals surface area contributed by atoms with Crippen molar-refractivity contribution in [2.75, 3.05) is 40.0 Å². The van der Waals surface area contributed by atoms with Crippen LogP contribution in [0.25, 0.3) is 0 Å². The molecule has 106 valence electrons. The van der Waals surface area contributed by atoms with Crippen LogP contribution in [0.15, 0.2) is 24.3 Å². The second kappa shape index (κ2) is 7.04. The number of methoxy groups -OCH3 is 1. The minimum absolute atomic E-state index is 0.220. The summed E-state index contributed by atoms with van der Waals surface area (Å²) in [5, 5.41) is 3.53. The molecule has 2 rings (SSSR count). The van der Waals surface area contributed by atoms with E-state index in [-0.39, 0.29) is 5.41 Å². The average Bonchev–Trinajstić information content (AvgIpc) is 2.45. The molecule has 0 unspecified atom stereocenters. The van der Waals surface area contributed by atoms with E-state index >= 15 is 0 Å². The number of hydrogen-bond donors (Lipinski definition) is 1. The maximum absolute atomic E-state index is 5.55. The van der Waals surface area contributed by atoms with Crippen molar-refractivity contribution in [2.45, 2.75) is 25.2 Å². The molecule has 1 aliphatic heterocycles. The molecule has 1 aromatic rings. The summed E-state index contributed by atoms with van der Waals surface area (Å²) in [6, 6.07) is 8.91. The van der Waals surface area contributed by atoms with E-state index in [1.54, 1.807) is 7.11 Å². The van der Waals surface area contributed by atoms with Gasteiger partial charge in [0, 0.05) is 38.8 Å². The minimum atomic E-state index is 0.220. The molecule has 0 amide bonds. The zero-order chi connectivity index (χ0) is 13.6. The zero-order valence-electron chi connectivity index (χ0n) is 12.1. The van der Waals surface area contributed by atoms with Gasteiger partial charge in [0.15, 0.2) is 0 Å². The molecule has 1 fully saturated rings. The smallest absolute Gasteiger partial charge is 0.0587 e. The summed E-state index contributed by atoms with van der Waals surface area (Å²) < 4.78 is 10.7. The maximum Gasteiger partial charge on any atom is 0.0587 e. The highest BCUT2D eigenvalue weighted by molar-refractivity contribution is 5.30. The molecule has 1 saturated heterocycles. The predicted molar refractivity (Wildman–Crippen MR) is 77.7 cm³/mol. The van der Waals surface area contributed by atoms with Gasteiger partial charge in [-0.3, -0.25) is 0 Å². The maximum atomic E-state index is 5.55. The van der Waals surface area contributed by atoms with Crippen LogP contribution in [0.5, 0.6) is 0 Å². The fourth-order valence-corrected chi connectivity index (χ4v) is 2.81. The molecule has 0 atom stereocenters. The van der Waals surface area contributed by atoms with Gasteiger partial charge in [0.05, 0.1) is 6.61 Å². The summed E-state index contributed by atoms with van der Waals surface area (Å²) in [6.45, 7) is 6.56. The van der Waals surface area contributed by atoms with Crippen molar-refractivity contribution in [1.29, 1.82) is 0 Å². The van der Waals surface area contributed by atoms with Crippen LogP contribution in [0.2, 0.25) is 0 Å². The van der Waals surface area contributed by atoms with Crippen molar-refractivity contribution in [1.82, 2.24) is 5.32 Å². The van der Waals surface area contributed by atoms with Crippen molar-refractivity contribution in [3.8, 4) is 0 Å². The van der Waals surface area contributed by atoms with Crippen molar-refractivity contribution in [3.63, 3.8) is 0 Å². The quantitative estimate of drug-likeness (QED) is 0.799. The third-order valence-corrected chi connectivity index (χ3v) is 4.03. The fourth-order valence-electron chi connectivity index (χ4n) is 2.81. The van der Waals surface area contributed by atoms with Crippen LogP contribution in [0.1, 0.15) is 24.0 Å². The first-order chi connectivity index (χ1) is 9.27. The van der Waals surface area contributed by atoms with E-state index in [1.165, 1.54) is 11.1 Å². The number of hydrogen-bond acceptors (Lipinski definition) is 3. The molecule has 1 aliphatic rings. The molecule has 0 spiro atoms. The standard InChI is InChI=1S/C16H25NO2/c1-14-4-3-5-15(12-14)16(6-9-19-10-7-16)13-17-8-11-18-2/h3-5,12,17H,6-11,13H2,1-2H3. The van der Waals surface area contributed by atoms with Gasteiger partial charge in [0.25, 0.3) is 0 Å². The molecule has 0 aromatic heterocycles. The minimum Gasteiger partial charge on any atom is -0.383 e. The van der Waals surface area contributed by atoms with E-state index in [0.717, 1.165) is 45.8 Å². The second-order valence-corrected chi connectivity index (χ2v) is 5.43. The molecule has 0 bridgehead atoms. The Morgan fingerprint density at radius 1 is 1.32 bits per heavy atom. The van der Waals surface area contributed by atoms with Gasteiger partial charge >= 0.3 is 0 Å². The Morgan fingerprint density at radius 2 is 2.11 bits per heavy atom. The van der Waals surface area contributed by atoms with Gasteiger partial charge in [-0.1, -0.05) is 29.8 Å². The Balaban J connectivity index is 2.09. The van der Waals surface area contributed by atoms with Crippen molar-refractivity contribution >= 4 is 0 Å². The van der Waals surface area contributed by atoms with E-state index in [9.17, 15) is 0 Å². The van der Waals surface area contributed by atoms with Crippen molar-refractivity contribution in [2.24, 2.45) is 0 Å². The Hall–Kier alpha value is -0.900. The van der Waals surface area contributed by atoms with Gasteiger partial charge < -0.3 is 14.8 Å². The molecule has 1 heterocycles. The zero-order valence-corrected chi connectivity index (χ0v) is 12.1. The van der Waals surface area contributed by atoms with Gasteiger partial charge in [-0.05, 0) is 25.3 Å².